The highest BCUT2D eigenvalue weighted by molar-refractivity contribution is 5.73. The maximum Gasteiger partial charge on any atom is 0.323 e. The monoisotopic (exact) mass is 231 g/mol. The minimum atomic E-state index is -0.874. The largest absolute Gasteiger partial charge is 0.480 e. The zero-order chi connectivity index (χ0) is 12.0. The van der Waals surface area contributed by atoms with Crippen molar-refractivity contribution in [2.45, 2.75) is 43.9 Å². The van der Waals surface area contributed by atoms with E-state index in [-0.39, 0.29) is 18.8 Å². The van der Waals surface area contributed by atoms with Gasteiger partial charge in [-0.2, -0.15) is 0 Å². The molecule has 0 radical (unpaired) electrons. The van der Waals surface area contributed by atoms with Crippen LogP contribution in [0.2, 0.25) is 0 Å². The van der Waals surface area contributed by atoms with Crippen LogP contribution >= 0.6 is 0 Å². The first-order valence-electron chi connectivity index (χ1n) is 5.71. The molecule has 0 bridgehead atoms. The van der Waals surface area contributed by atoms with Gasteiger partial charge in [-0.3, -0.25) is 4.79 Å². The Hall–Kier alpha value is -0.650. The number of nitrogens with one attached hydrogen (secondary N) is 1. The Balaban J connectivity index is 2.28. The maximum atomic E-state index is 10.8. The topological polar surface area (TPSA) is 67.8 Å². The van der Waals surface area contributed by atoms with E-state index in [1.807, 2.05) is 0 Å². The molecule has 0 saturated heterocycles. The third-order valence-corrected chi connectivity index (χ3v) is 3.06. The Morgan fingerprint density at radius 1 is 1.50 bits per heavy atom. The van der Waals surface area contributed by atoms with Crippen molar-refractivity contribution in [2.24, 2.45) is 0 Å². The molecule has 1 saturated carbocycles. The Labute approximate surface area is 96.1 Å². The van der Waals surface area contributed by atoms with Crippen LogP contribution in [0.4, 0.5) is 0 Å². The van der Waals surface area contributed by atoms with Crippen LogP contribution in [0, 0.1) is 0 Å². The number of ether oxygens (including phenoxy) is 2. The molecular formula is C11H21NO4. The summed E-state index contributed by atoms with van der Waals surface area (Å²) in [5, 5.41) is 11.5. The fourth-order valence-electron chi connectivity index (χ4n) is 1.98. The number of likely N-dealkylation sites (N-methyl/N-ethyl adjacent to an activating group) is 1. The van der Waals surface area contributed by atoms with Gasteiger partial charge >= 0.3 is 5.97 Å². The van der Waals surface area contributed by atoms with Crippen LogP contribution < -0.4 is 5.32 Å². The minimum absolute atomic E-state index is 0.133. The van der Waals surface area contributed by atoms with Gasteiger partial charge in [-0.15, -0.1) is 0 Å². The van der Waals surface area contributed by atoms with Crippen molar-refractivity contribution >= 4 is 5.97 Å². The molecule has 0 heterocycles. The van der Waals surface area contributed by atoms with Crippen molar-refractivity contribution < 1.29 is 19.4 Å². The molecule has 1 aliphatic carbocycles. The average Bonchev–Trinajstić information content (AvgIpc) is 2.29. The van der Waals surface area contributed by atoms with Crippen LogP contribution in [0.1, 0.15) is 25.7 Å². The Morgan fingerprint density at radius 3 is 2.75 bits per heavy atom. The number of carbonyl (C=O) groups is 1. The number of carboxylic acids is 1. The number of hydrogen-bond donors (Lipinski definition) is 2. The van der Waals surface area contributed by atoms with E-state index in [0.717, 1.165) is 25.7 Å². The summed E-state index contributed by atoms with van der Waals surface area (Å²) in [6.45, 7) is 0.215. The van der Waals surface area contributed by atoms with Gasteiger partial charge in [-0.1, -0.05) is 0 Å². The highest BCUT2D eigenvalue weighted by atomic mass is 16.5. The van der Waals surface area contributed by atoms with Crippen LogP contribution in [0.25, 0.3) is 0 Å². The Morgan fingerprint density at radius 2 is 2.19 bits per heavy atom. The predicted octanol–water partition coefficient (Wildman–Crippen LogP) is 0.633. The summed E-state index contributed by atoms with van der Waals surface area (Å²) in [4.78, 5) is 10.8. The number of rotatable bonds is 6. The number of methoxy groups -OCH3 is 1. The summed E-state index contributed by atoms with van der Waals surface area (Å²) in [6.07, 6.45) is 4.42. The standard InChI is InChI=1S/C11H21NO4/c1-12-10(11(13)14)7-16-9-5-3-4-8(6-9)15-2/h8-10,12H,3-7H2,1-2H3,(H,13,14). The summed E-state index contributed by atoms with van der Waals surface area (Å²) in [6, 6.07) is -0.622. The van der Waals surface area contributed by atoms with Crippen LogP contribution in [0.15, 0.2) is 0 Å². The van der Waals surface area contributed by atoms with Gasteiger partial charge in [-0.05, 0) is 32.7 Å². The summed E-state index contributed by atoms with van der Waals surface area (Å²) in [5.41, 5.74) is 0. The molecule has 94 valence electrons. The summed E-state index contributed by atoms with van der Waals surface area (Å²) >= 11 is 0. The van der Waals surface area contributed by atoms with Gasteiger partial charge in [-0.25, -0.2) is 0 Å². The molecule has 0 amide bonds. The third-order valence-electron chi connectivity index (χ3n) is 3.06. The smallest absolute Gasteiger partial charge is 0.323 e. The molecule has 3 unspecified atom stereocenters. The Bertz CT molecular complexity index is 222. The second-order valence-electron chi connectivity index (χ2n) is 4.16. The van der Waals surface area contributed by atoms with Crippen molar-refractivity contribution in [1.29, 1.82) is 0 Å². The molecule has 1 rings (SSSR count). The lowest BCUT2D eigenvalue weighted by molar-refractivity contribution is -0.142. The van der Waals surface area contributed by atoms with E-state index in [1.54, 1.807) is 14.2 Å². The molecule has 5 heteroatoms. The van der Waals surface area contributed by atoms with Crippen molar-refractivity contribution in [2.75, 3.05) is 20.8 Å². The lowest BCUT2D eigenvalue weighted by atomic mass is 9.95. The normalized spacial score (nSPS) is 27.6. The fraction of sp³-hybridized carbons (Fsp3) is 0.909. The zero-order valence-corrected chi connectivity index (χ0v) is 9.94. The van der Waals surface area contributed by atoms with Gasteiger partial charge in [0.1, 0.15) is 6.04 Å². The molecule has 0 aromatic carbocycles. The van der Waals surface area contributed by atoms with Crippen molar-refractivity contribution in [3.63, 3.8) is 0 Å². The highest BCUT2D eigenvalue weighted by Crippen LogP contribution is 2.23. The van der Waals surface area contributed by atoms with Crippen LogP contribution in [0.5, 0.6) is 0 Å². The number of carboxylic acid groups (broad SMARTS) is 1. The number of hydrogen-bond acceptors (Lipinski definition) is 4. The van der Waals surface area contributed by atoms with E-state index in [4.69, 9.17) is 14.6 Å². The van der Waals surface area contributed by atoms with Crippen molar-refractivity contribution in [3.8, 4) is 0 Å². The molecule has 0 spiro atoms. The molecule has 3 atom stereocenters. The average molecular weight is 231 g/mol. The minimum Gasteiger partial charge on any atom is -0.480 e. The quantitative estimate of drug-likeness (QED) is 0.702. The molecule has 0 aromatic heterocycles. The Kier molecular flexibility index (Phi) is 5.73. The first-order chi connectivity index (χ1) is 7.67. The predicted molar refractivity (Wildman–Crippen MR) is 59.5 cm³/mol. The molecule has 2 N–H and O–H groups in total. The van der Waals surface area contributed by atoms with E-state index in [0.29, 0.717) is 0 Å². The van der Waals surface area contributed by atoms with Gasteiger partial charge in [0.25, 0.3) is 0 Å². The molecule has 1 fully saturated rings. The van der Waals surface area contributed by atoms with Crippen LogP contribution in [-0.4, -0.2) is 50.1 Å². The third kappa shape index (κ3) is 4.08. The van der Waals surface area contributed by atoms with Crippen molar-refractivity contribution in [3.05, 3.63) is 0 Å². The molecule has 0 aromatic rings. The van der Waals surface area contributed by atoms with Crippen LogP contribution in [-0.2, 0) is 14.3 Å². The molecule has 16 heavy (non-hydrogen) atoms. The fourth-order valence-corrected chi connectivity index (χ4v) is 1.98. The first-order valence-corrected chi connectivity index (χ1v) is 5.71. The first kappa shape index (κ1) is 13.4. The number of aliphatic carboxylic acids is 1. The van der Waals surface area contributed by atoms with Crippen molar-refractivity contribution in [1.82, 2.24) is 5.32 Å². The SMILES string of the molecule is CNC(COC1CCCC(OC)C1)C(=O)O. The summed E-state index contributed by atoms with van der Waals surface area (Å²) in [7, 11) is 3.33. The van der Waals surface area contributed by atoms with E-state index in [9.17, 15) is 4.79 Å². The van der Waals surface area contributed by atoms with E-state index < -0.39 is 12.0 Å². The van der Waals surface area contributed by atoms with Gasteiger partial charge in [0, 0.05) is 7.11 Å². The lowest BCUT2D eigenvalue weighted by Gasteiger charge is -2.28. The van der Waals surface area contributed by atoms with E-state index >= 15 is 0 Å². The van der Waals surface area contributed by atoms with E-state index in [2.05, 4.69) is 5.32 Å². The highest BCUT2D eigenvalue weighted by Gasteiger charge is 2.24. The zero-order valence-electron chi connectivity index (χ0n) is 9.94. The van der Waals surface area contributed by atoms with Gasteiger partial charge in [0.2, 0.25) is 0 Å². The molecule has 5 nitrogen and oxygen atoms in total. The van der Waals surface area contributed by atoms with E-state index in [1.165, 1.54) is 0 Å². The van der Waals surface area contributed by atoms with Gasteiger partial charge in [0.15, 0.2) is 0 Å². The molecule has 1 aliphatic rings. The maximum absolute atomic E-state index is 10.8. The second kappa shape index (κ2) is 6.83. The van der Waals surface area contributed by atoms with Crippen LogP contribution in [0.3, 0.4) is 0 Å². The summed E-state index contributed by atoms with van der Waals surface area (Å²) in [5.74, 6) is -0.874. The lowest BCUT2D eigenvalue weighted by Crippen LogP contribution is -2.40. The van der Waals surface area contributed by atoms with Gasteiger partial charge < -0.3 is 19.9 Å². The molecule has 0 aliphatic heterocycles. The van der Waals surface area contributed by atoms with Gasteiger partial charge in [0.05, 0.1) is 18.8 Å². The second-order valence-corrected chi connectivity index (χ2v) is 4.16. The molecular weight excluding hydrogens is 210 g/mol. The summed E-state index contributed by atoms with van der Waals surface area (Å²) < 4.78 is 10.9.